The van der Waals surface area contributed by atoms with E-state index in [2.05, 4.69) is 20.5 Å². The second kappa shape index (κ2) is 9.05. The molecule has 0 bridgehead atoms. The molecule has 1 heterocycles. The number of carbonyl (C=O) groups is 1. The van der Waals surface area contributed by atoms with Crippen molar-refractivity contribution in [3.63, 3.8) is 0 Å². The Bertz CT molecular complexity index is 991. The standard InChI is InChI=1S/C20H20F2N4O3/c1-13-8-9-24-26(13)16-5-3-4-15(11-16)25-20(27)23-12-14-6-7-17(28-2)18(10-14)29-19(21)22/h3-11,19H,12H2,1-2H3,(H2,23,25,27). The summed E-state index contributed by atoms with van der Waals surface area (Å²) >= 11 is 0. The molecule has 0 aliphatic rings. The molecule has 0 aliphatic carbocycles. The van der Waals surface area contributed by atoms with Crippen LogP contribution >= 0.6 is 0 Å². The molecular weight excluding hydrogens is 382 g/mol. The van der Waals surface area contributed by atoms with E-state index in [9.17, 15) is 13.6 Å². The highest BCUT2D eigenvalue weighted by molar-refractivity contribution is 5.89. The van der Waals surface area contributed by atoms with Crippen molar-refractivity contribution in [3.8, 4) is 17.2 Å². The predicted molar refractivity (Wildman–Crippen MR) is 104 cm³/mol. The summed E-state index contributed by atoms with van der Waals surface area (Å²) in [6.07, 6.45) is 1.70. The van der Waals surface area contributed by atoms with Gasteiger partial charge in [-0.3, -0.25) is 0 Å². The van der Waals surface area contributed by atoms with E-state index in [0.717, 1.165) is 11.4 Å². The maximum absolute atomic E-state index is 12.5. The minimum absolute atomic E-state index is 0.0931. The van der Waals surface area contributed by atoms with Gasteiger partial charge in [-0.25, -0.2) is 9.48 Å². The van der Waals surface area contributed by atoms with Gasteiger partial charge in [-0.15, -0.1) is 0 Å². The number of halogens is 2. The second-order valence-electron chi connectivity index (χ2n) is 6.11. The molecule has 0 saturated heterocycles. The molecule has 2 amide bonds. The molecule has 3 rings (SSSR count). The lowest BCUT2D eigenvalue weighted by Gasteiger charge is -2.13. The number of anilines is 1. The number of methoxy groups -OCH3 is 1. The highest BCUT2D eigenvalue weighted by Crippen LogP contribution is 2.29. The molecule has 0 radical (unpaired) electrons. The van der Waals surface area contributed by atoms with Gasteiger partial charge < -0.3 is 20.1 Å². The average Bonchev–Trinajstić information content (AvgIpc) is 3.12. The van der Waals surface area contributed by atoms with Gasteiger partial charge >= 0.3 is 12.6 Å². The molecule has 0 saturated carbocycles. The van der Waals surface area contributed by atoms with E-state index >= 15 is 0 Å². The minimum Gasteiger partial charge on any atom is -0.493 e. The number of nitrogens with one attached hydrogen (secondary N) is 2. The number of ether oxygens (including phenoxy) is 2. The van der Waals surface area contributed by atoms with E-state index in [1.165, 1.54) is 19.2 Å². The number of rotatable bonds is 7. The average molecular weight is 402 g/mol. The zero-order valence-corrected chi connectivity index (χ0v) is 15.9. The van der Waals surface area contributed by atoms with Crippen LogP contribution in [0.5, 0.6) is 11.5 Å². The molecule has 0 aliphatic heterocycles. The van der Waals surface area contributed by atoms with Crippen molar-refractivity contribution < 1.29 is 23.0 Å². The number of aryl methyl sites for hydroxylation is 1. The van der Waals surface area contributed by atoms with Crippen LogP contribution in [0.1, 0.15) is 11.3 Å². The third-order valence-corrected chi connectivity index (χ3v) is 4.08. The van der Waals surface area contributed by atoms with Crippen LogP contribution < -0.4 is 20.1 Å². The Balaban J connectivity index is 1.63. The van der Waals surface area contributed by atoms with Crippen LogP contribution in [-0.2, 0) is 6.54 Å². The molecule has 152 valence electrons. The normalized spacial score (nSPS) is 10.7. The Hall–Kier alpha value is -3.62. The Morgan fingerprint density at radius 3 is 2.69 bits per heavy atom. The molecule has 1 aromatic heterocycles. The summed E-state index contributed by atoms with van der Waals surface area (Å²) in [5.41, 5.74) is 2.95. The van der Waals surface area contributed by atoms with Crippen LogP contribution in [0, 0.1) is 6.92 Å². The Morgan fingerprint density at radius 1 is 1.17 bits per heavy atom. The van der Waals surface area contributed by atoms with Gasteiger partial charge in [-0.05, 0) is 48.9 Å². The molecule has 3 aromatic rings. The van der Waals surface area contributed by atoms with E-state index in [1.54, 1.807) is 29.1 Å². The lowest BCUT2D eigenvalue weighted by atomic mass is 10.2. The van der Waals surface area contributed by atoms with E-state index in [1.807, 2.05) is 25.1 Å². The SMILES string of the molecule is COc1ccc(CNC(=O)Nc2cccc(-n3nccc3C)c2)cc1OC(F)F. The van der Waals surface area contributed by atoms with Crippen molar-refractivity contribution >= 4 is 11.7 Å². The van der Waals surface area contributed by atoms with Crippen molar-refractivity contribution in [3.05, 3.63) is 66.0 Å². The van der Waals surface area contributed by atoms with Crippen LogP contribution in [0.25, 0.3) is 5.69 Å². The Labute approximate surface area is 166 Å². The largest absolute Gasteiger partial charge is 0.493 e. The van der Waals surface area contributed by atoms with Crippen LogP contribution in [0.15, 0.2) is 54.7 Å². The van der Waals surface area contributed by atoms with Gasteiger partial charge in [-0.1, -0.05) is 12.1 Å². The molecule has 2 aromatic carbocycles. The summed E-state index contributed by atoms with van der Waals surface area (Å²) in [6.45, 7) is -0.922. The molecule has 0 atom stereocenters. The van der Waals surface area contributed by atoms with Gasteiger partial charge in [0.05, 0.1) is 12.8 Å². The lowest BCUT2D eigenvalue weighted by molar-refractivity contribution is -0.0512. The molecular formula is C20H20F2N4O3. The van der Waals surface area contributed by atoms with Crippen LogP contribution in [-0.4, -0.2) is 29.5 Å². The number of urea groups is 1. The Kier molecular flexibility index (Phi) is 6.28. The van der Waals surface area contributed by atoms with Crippen molar-refractivity contribution in [2.45, 2.75) is 20.1 Å². The van der Waals surface area contributed by atoms with Crippen molar-refractivity contribution in [1.29, 1.82) is 0 Å². The number of nitrogens with zero attached hydrogens (tertiary/aromatic N) is 2. The monoisotopic (exact) mass is 402 g/mol. The van der Waals surface area contributed by atoms with Crippen molar-refractivity contribution in [2.24, 2.45) is 0 Å². The summed E-state index contributed by atoms with van der Waals surface area (Å²) < 4.78 is 36.2. The van der Waals surface area contributed by atoms with E-state index < -0.39 is 12.6 Å². The summed E-state index contributed by atoms with van der Waals surface area (Å²) in [7, 11) is 1.36. The van der Waals surface area contributed by atoms with Crippen LogP contribution in [0.4, 0.5) is 19.3 Å². The number of alkyl halides is 2. The number of carbonyl (C=O) groups excluding carboxylic acids is 1. The van der Waals surface area contributed by atoms with Gasteiger partial charge in [0.2, 0.25) is 0 Å². The van der Waals surface area contributed by atoms with Gasteiger partial charge in [0.15, 0.2) is 11.5 Å². The first-order valence-electron chi connectivity index (χ1n) is 8.74. The maximum Gasteiger partial charge on any atom is 0.387 e. The summed E-state index contributed by atoms with van der Waals surface area (Å²) in [5.74, 6) is 0.0914. The van der Waals surface area contributed by atoms with Crippen LogP contribution in [0.3, 0.4) is 0 Å². The van der Waals surface area contributed by atoms with Crippen molar-refractivity contribution in [1.82, 2.24) is 15.1 Å². The zero-order valence-electron chi connectivity index (χ0n) is 15.9. The van der Waals surface area contributed by atoms with E-state index in [0.29, 0.717) is 11.3 Å². The molecule has 7 nitrogen and oxygen atoms in total. The predicted octanol–water partition coefficient (Wildman–Crippen LogP) is 4.11. The highest BCUT2D eigenvalue weighted by atomic mass is 19.3. The summed E-state index contributed by atoms with van der Waals surface area (Å²) in [6, 6.07) is 13.2. The smallest absolute Gasteiger partial charge is 0.387 e. The fourth-order valence-electron chi connectivity index (χ4n) is 2.73. The third-order valence-electron chi connectivity index (χ3n) is 4.08. The zero-order chi connectivity index (χ0) is 20.8. The van der Waals surface area contributed by atoms with Gasteiger partial charge in [-0.2, -0.15) is 13.9 Å². The molecule has 0 fully saturated rings. The molecule has 9 heteroatoms. The van der Waals surface area contributed by atoms with Gasteiger partial charge in [0.25, 0.3) is 0 Å². The fraction of sp³-hybridized carbons (Fsp3) is 0.200. The molecule has 0 unspecified atom stereocenters. The number of hydrogen-bond acceptors (Lipinski definition) is 4. The first-order valence-corrected chi connectivity index (χ1v) is 8.74. The summed E-state index contributed by atoms with van der Waals surface area (Å²) in [4.78, 5) is 12.2. The number of hydrogen-bond donors (Lipinski definition) is 2. The number of aromatic nitrogens is 2. The fourth-order valence-corrected chi connectivity index (χ4v) is 2.73. The second-order valence-corrected chi connectivity index (χ2v) is 6.11. The highest BCUT2D eigenvalue weighted by Gasteiger charge is 2.12. The van der Waals surface area contributed by atoms with Crippen LogP contribution in [0.2, 0.25) is 0 Å². The number of benzene rings is 2. The van der Waals surface area contributed by atoms with Crippen molar-refractivity contribution in [2.75, 3.05) is 12.4 Å². The third kappa shape index (κ3) is 5.22. The molecule has 2 N–H and O–H groups in total. The topological polar surface area (TPSA) is 77.4 Å². The van der Waals surface area contributed by atoms with Gasteiger partial charge in [0.1, 0.15) is 0 Å². The van der Waals surface area contributed by atoms with Gasteiger partial charge in [0, 0.05) is 24.1 Å². The minimum atomic E-state index is -2.97. The van der Waals surface area contributed by atoms with E-state index in [4.69, 9.17) is 4.74 Å². The first-order chi connectivity index (χ1) is 14.0. The number of amides is 2. The molecule has 0 spiro atoms. The Morgan fingerprint density at radius 2 is 2.00 bits per heavy atom. The molecule has 29 heavy (non-hydrogen) atoms. The quantitative estimate of drug-likeness (QED) is 0.624. The lowest BCUT2D eigenvalue weighted by Crippen LogP contribution is -2.28. The maximum atomic E-state index is 12.5. The first kappa shape index (κ1) is 20.1. The van der Waals surface area contributed by atoms with E-state index in [-0.39, 0.29) is 18.0 Å². The summed E-state index contributed by atoms with van der Waals surface area (Å²) in [5, 5.41) is 9.65.